The van der Waals surface area contributed by atoms with Gasteiger partial charge in [-0.05, 0) is 25.7 Å². The lowest BCUT2D eigenvalue weighted by Gasteiger charge is -2.32. The molecule has 0 spiro atoms. The molecule has 0 aromatic rings. The number of nitrogens with one attached hydrogen (secondary N) is 4. The summed E-state index contributed by atoms with van der Waals surface area (Å²) in [6, 6.07) is -0.521. The number of carbonyl (C=O) groups excluding carboxylic acids is 4. The molecule has 3 rings (SSSR count). The smallest absolute Gasteiger partial charge is 0.317 e. The molecule has 0 aromatic carbocycles. The van der Waals surface area contributed by atoms with E-state index in [9.17, 15) is 48.9 Å². The third kappa shape index (κ3) is 15.1. The maximum absolute atomic E-state index is 12.8. The van der Waals surface area contributed by atoms with Crippen LogP contribution in [-0.2, 0) is 28.8 Å². The van der Waals surface area contributed by atoms with Gasteiger partial charge in [0.1, 0.15) is 5.78 Å². The van der Waals surface area contributed by atoms with E-state index in [0.29, 0.717) is 110 Å². The maximum Gasteiger partial charge on any atom is 0.317 e. The van der Waals surface area contributed by atoms with Crippen molar-refractivity contribution in [1.29, 1.82) is 0 Å². The van der Waals surface area contributed by atoms with Gasteiger partial charge in [-0.25, -0.2) is 4.79 Å². The number of ketones is 1. The van der Waals surface area contributed by atoms with E-state index in [4.69, 9.17) is 0 Å². The summed E-state index contributed by atoms with van der Waals surface area (Å²) in [5, 5.41) is 39.4. The fourth-order valence-corrected chi connectivity index (χ4v) is 6.51. The zero-order valence-corrected chi connectivity index (χ0v) is 28.1. The van der Waals surface area contributed by atoms with Crippen molar-refractivity contribution >= 4 is 41.5 Å². The first-order valence-electron chi connectivity index (χ1n) is 17.1. The molecular formula is C31H52N8O10. The number of hydrogen-bond donors (Lipinski definition) is 7. The Hall–Kier alpha value is -3.87. The van der Waals surface area contributed by atoms with Gasteiger partial charge in [0, 0.05) is 84.2 Å². The van der Waals surface area contributed by atoms with E-state index in [1.54, 1.807) is 14.7 Å². The van der Waals surface area contributed by atoms with E-state index in [1.807, 2.05) is 4.90 Å². The van der Waals surface area contributed by atoms with Gasteiger partial charge in [0.25, 0.3) is 0 Å². The Balaban J connectivity index is 1.34. The van der Waals surface area contributed by atoms with Crippen LogP contribution in [0.25, 0.3) is 0 Å². The largest absolute Gasteiger partial charge is 0.480 e. The molecule has 0 bridgehead atoms. The van der Waals surface area contributed by atoms with Crippen LogP contribution in [0.2, 0.25) is 0 Å². The van der Waals surface area contributed by atoms with Crippen LogP contribution in [0.4, 0.5) is 4.79 Å². The summed E-state index contributed by atoms with van der Waals surface area (Å²) in [5.41, 5.74) is 0. The second-order valence-corrected chi connectivity index (χ2v) is 13.0. The molecule has 2 saturated heterocycles. The number of amides is 4. The summed E-state index contributed by atoms with van der Waals surface area (Å²) in [6.07, 6.45) is 4.01. The second-order valence-electron chi connectivity index (χ2n) is 13.0. The van der Waals surface area contributed by atoms with E-state index >= 15 is 0 Å². The lowest BCUT2D eigenvalue weighted by Crippen LogP contribution is -2.49. The summed E-state index contributed by atoms with van der Waals surface area (Å²) in [6.45, 7) is 2.77. The van der Waals surface area contributed by atoms with Crippen LogP contribution < -0.4 is 21.3 Å². The minimum atomic E-state index is -1.02. The van der Waals surface area contributed by atoms with Crippen LogP contribution in [0.15, 0.2) is 0 Å². The van der Waals surface area contributed by atoms with E-state index < -0.39 is 17.9 Å². The number of rotatable bonds is 18. The second kappa shape index (κ2) is 20.6. The molecule has 2 aliphatic heterocycles. The Labute approximate surface area is 285 Å². The van der Waals surface area contributed by atoms with E-state index in [0.717, 1.165) is 0 Å². The summed E-state index contributed by atoms with van der Waals surface area (Å²) >= 11 is 0. The molecule has 1 saturated carbocycles. The topological polar surface area (TPSA) is 241 Å². The molecule has 0 aromatic heterocycles. The number of carboxylic acids is 3. The Morgan fingerprint density at radius 2 is 1.06 bits per heavy atom. The quantitative estimate of drug-likeness (QED) is 0.0745. The summed E-state index contributed by atoms with van der Waals surface area (Å²) < 4.78 is 0. The van der Waals surface area contributed by atoms with E-state index in [1.165, 1.54) is 0 Å². The number of carbonyl (C=O) groups is 7. The van der Waals surface area contributed by atoms with Gasteiger partial charge >= 0.3 is 23.9 Å². The van der Waals surface area contributed by atoms with Crippen LogP contribution >= 0.6 is 0 Å². The van der Waals surface area contributed by atoms with Crippen molar-refractivity contribution in [3.8, 4) is 0 Å². The average molecular weight is 697 g/mol. The van der Waals surface area contributed by atoms with E-state index in [2.05, 4.69) is 21.3 Å². The van der Waals surface area contributed by atoms with Crippen molar-refractivity contribution in [2.45, 2.75) is 57.0 Å². The number of urea groups is 1. The number of carboxylic acid groups (broad SMARTS) is 3. The number of Topliss-reactive ketones (excluding diaryl/α,β-unsaturated/α-hetero) is 1. The first-order chi connectivity index (χ1) is 23.4. The summed E-state index contributed by atoms with van der Waals surface area (Å²) in [4.78, 5) is 89.9. The van der Waals surface area contributed by atoms with Crippen molar-refractivity contribution in [3.05, 3.63) is 0 Å². The molecule has 3 atom stereocenters. The maximum atomic E-state index is 12.8. The highest BCUT2D eigenvalue weighted by atomic mass is 16.4. The lowest BCUT2D eigenvalue weighted by atomic mass is 9.95. The monoisotopic (exact) mass is 696 g/mol. The first kappa shape index (κ1) is 39.6. The molecular weight excluding hydrogens is 644 g/mol. The third-order valence-electron chi connectivity index (χ3n) is 9.11. The average Bonchev–Trinajstić information content (AvgIpc) is 3.51. The van der Waals surface area contributed by atoms with Gasteiger partial charge in [0.2, 0.25) is 11.8 Å². The van der Waals surface area contributed by atoms with E-state index in [-0.39, 0.29) is 67.8 Å². The Kier molecular flexibility index (Phi) is 16.6. The molecule has 7 N–H and O–H groups in total. The first-order valence-corrected chi connectivity index (χ1v) is 17.1. The van der Waals surface area contributed by atoms with Gasteiger partial charge in [-0.3, -0.25) is 48.4 Å². The fourth-order valence-electron chi connectivity index (χ4n) is 6.51. The molecule has 0 radical (unpaired) electrons. The van der Waals surface area contributed by atoms with Crippen molar-refractivity contribution in [1.82, 2.24) is 40.9 Å². The molecule has 18 heteroatoms. The zero-order chi connectivity index (χ0) is 35.8. The minimum absolute atomic E-state index is 0.0421. The Morgan fingerprint density at radius 1 is 0.612 bits per heavy atom. The van der Waals surface area contributed by atoms with Gasteiger partial charge in [-0.1, -0.05) is 6.42 Å². The third-order valence-corrected chi connectivity index (χ3v) is 9.11. The fraction of sp³-hybridized carbons (Fsp3) is 0.774. The van der Waals surface area contributed by atoms with Crippen LogP contribution in [-0.4, -0.2) is 180 Å². The molecule has 18 nitrogen and oxygen atoms in total. The van der Waals surface area contributed by atoms with Gasteiger partial charge in [-0.15, -0.1) is 0 Å². The molecule has 2 heterocycles. The Morgan fingerprint density at radius 3 is 1.53 bits per heavy atom. The van der Waals surface area contributed by atoms with Crippen LogP contribution in [0.1, 0.15) is 44.9 Å². The van der Waals surface area contributed by atoms with Crippen molar-refractivity contribution < 1.29 is 48.9 Å². The lowest BCUT2D eigenvalue weighted by molar-refractivity contribution is -0.140. The van der Waals surface area contributed by atoms with Gasteiger partial charge < -0.3 is 36.6 Å². The van der Waals surface area contributed by atoms with Crippen molar-refractivity contribution in [2.24, 2.45) is 5.92 Å². The number of aliphatic carboxylic acids is 3. The number of unbranched alkanes of at least 4 members (excludes halogenated alkanes) is 2. The van der Waals surface area contributed by atoms with Crippen LogP contribution in [0.3, 0.4) is 0 Å². The van der Waals surface area contributed by atoms with Gasteiger partial charge in [-0.2, -0.15) is 0 Å². The number of fused-ring (bicyclic) bond motifs is 1. The van der Waals surface area contributed by atoms with Crippen LogP contribution in [0, 0.1) is 5.92 Å². The highest BCUT2D eigenvalue weighted by Gasteiger charge is 2.47. The zero-order valence-electron chi connectivity index (χ0n) is 28.1. The standard InChI is InChI=1S/C31H52N8O10/c40-24-17-23-30(35-31(49)34-23)22(24)5-1-2-6-25(41)32-7-3-4-8-33-26(42)18-36-9-11-37(19-27(43)44)13-15-39(21-29(47)48)16-14-38(12-10-36)20-28(45)46/h22-23,30H,1-21H2,(H,32,41)(H,33,42)(H,43,44)(H,45,46)(H,47,48)(H2,34,35,49)/t22-,23+,30-/m0/s1. The molecule has 49 heavy (non-hydrogen) atoms. The molecule has 276 valence electrons. The summed E-state index contributed by atoms with van der Waals surface area (Å²) in [7, 11) is 0. The van der Waals surface area contributed by atoms with Crippen LogP contribution in [0.5, 0.6) is 0 Å². The highest BCUT2D eigenvalue weighted by Crippen LogP contribution is 2.30. The predicted molar refractivity (Wildman–Crippen MR) is 175 cm³/mol. The number of nitrogens with zero attached hydrogens (tertiary/aromatic N) is 4. The van der Waals surface area contributed by atoms with Gasteiger partial charge in [0.05, 0.1) is 38.3 Å². The molecule has 4 amide bonds. The molecule has 1 aliphatic carbocycles. The summed E-state index contributed by atoms with van der Waals surface area (Å²) in [5.74, 6) is -3.41. The van der Waals surface area contributed by atoms with Gasteiger partial charge in [0.15, 0.2) is 0 Å². The SMILES string of the molecule is O=C(O)CN1CCN(CC(=O)O)CCN(CC(=O)NCCCCNC(=O)CCCC[C@H]2C(=O)C[C@H]3NC(=O)N[C@H]32)CCN(CC(=O)O)CC1. The van der Waals surface area contributed by atoms with Crippen molar-refractivity contribution in [2.75, 3.05) is 91.6 Å². The minimum Gasteiger partial charge on any atom is -0.480 e. The molecule has 3 fully saturated rings. The predicted octanol–water partition coefficient (Wildman–Crippen LogP) is -2.33. The highest BCUT2D eigenvalue weighted by molar-refractivity contribution is 5.90. The normalized spacial score (nSPS) is 23.1. The molecule has 0 unspecified atom stereocenters. The number of hydrogen-bond acceptors (Lipinski definition) is 11. The van der Waals surface area contributed by atoms with Crippen molar-refractivity contribution in [3.63, 3.8) is 0 Å². The molecule has 3 aliphatic rings. The Bertz CT molecular complexity index is 1140.